The van der Waals surface area contributed by atoms with Crippen LogP contribution in [-0.4, -0.2) is 17.0 Å². The van der Waals surface area contributed by atoms with Gasteiger partial charge in [-0.1, -0.05) is 65.9 Å². The van der Waals surface area contributed by atoms with Crippen LogP contribution in [0.4, 0.5) is 0 Å². The van der Waals surface area contributed by atoms with Crippen LogP contribution in [0.3, 0.4) is 0 Å². The van der Waals surface area contributed by atoms with E-state index in [9.17, 15) is 0 Å². The van der Waals surface area contributed by atoms with Gasteiger partial charge in [0.2, 0.25) is 0 Å². The van der Waals surface area contributed by atoms with Gasteiger partial charge in [0.05, 0.1) is 0 Å². The SMILES string of the molecule is O[NH+](O)CC(Cc1ccccc1)Cc1ccccc1.[Cl-]. The molecule has 2 aromatic rings. The molecule has 4 heteroatoms. The summed E-state index contributed by atoms with van der Waals surface area (Å²) in [5, 5.41) is 17.8. The van der Waals surface area contributed by atoms with Crippen molar-refractivity contribution >= 4 is 0 Å². The first-order valence-electron chi connectivity index (χ1n) is 6.55. The highest BCUT2D eigenvalue weighted by Gasteiger charge is 2.16. The molecule has 0 aliphatic heterocycles. The van der Waals surface area contributed by atoms with Crippen LogP contribution in [0.25, 0.3) is 0 Å². The molecular weight excluding hydrogens is 274 g/mol. The van der Waals surface area contributed by atoms with Gasteiger partial charge < -0.3 is 12.4 Å². The summed E-state index contributed by atoms with van der Waals surface area (Å²) in [6, 6.07) is 20.3. The summed E-state index contributed by atoms with van der Waals surface area (Å²) in [5.41, 5.74) is 2.45. The average molecular weight is 294 g/mol. The van der Waals surface area contributed by atoms with Crippen LogP contribution in [0, 0.1) is 5.92 Å². The van der Waals surface area contributed by atoms with E-state index in [2.05, 4.69) is 24.3 Å². The van der Waals surface area contributed by atoms with Crippen molar-refractivity contribution in [2.45, 2.75) is 12.8 Å². The molecule has 0 bridgehead atoms. The van der Waals surface area contributed by atoms with E-state index in [1.807, 2.05) is 36.4 Å². The van der Waals surface area contributed by atoms with E-state index in [0.29, 0.717) is 6.54 Å². The first kappa shape index (κ1) is 16.7. The van der Waals surface area contributed by atoms with Crippen LogP contribution >= 0.6 is 0 Å². The van der Waals surface area contributed by atoms with Crippen LogP contribution in [-0.2, 0) is 12.8 Å². The Morgan fingerprint density at radius 1 is 0.750 bits per heavy atom. The van der Waals surface area contributed by atoms with Crippen LogP contribution < -0.4 is 17.6 Å². The maximum atomic E-state index is 9.15. The van der Waals surface area contributed by atoms with Gasteiger partial charge in [0.15, 0.2) is 0 Å². The minimum atomic E-state index is -0.475. The second-order valence-electron chi connectivity index (χ2n) is 4.87. The van der Waals surface area contributed by atoms with Crippen LogP contribution in [0.1, 0.15) is 11.1 Å². The fraction of sp³-hybridized carbons (Fsp3) is 0.250. The molecule has 0 saturated carbocycles. The van der Waals surface area contributed by atoms with Crippen molar-refractivity contribution in [1.82, 2.24) is 0 Å². The molecule has 0 amide bonds. The van der Waals surface area contributed by atoms with E-state index in [1.54, 1.807) is 0 Å². The lowest BCUT2D eigenvalue weighted by Gasteiger charge is -2.16. The van der Waals surface area contributed by atoms with Crippen molar-refractivity contribution in [3.8, 4) is 0 Å². The van der Waals surface area contributed by atoms with E-state index in [1.165, 1.54) is 11.1 Å². The third-order valence-corrected chi connectivity index (χ3v) is 3.21. The Morgan fingerprint density at radius 3 is 1.50 bits per heavy atom. The number of hydroxylamine groups is 2. The smallest absolute Gasteiger partial charge is 0.143 e. The number of halogens is 1. The molecule has 0 aliphatic carbocycles. The topological polar surface area (TPSA) is 44.9 Å². The lowest BCUT2D eigenvalue weighted by atomic mass is 9.92. The molecule has 20 heavy (non-hydrogen) atoms. The Morgan fingerprint density at radius 2 is 1.15 bits per heavy atom. The van der Waals surface area contributed by atoms with Crippen LogP contribution in [0.2, 0.25) is 0 Å². The molecule has 0 fully saturated rings. The van der Waals surface area contributed by atoms with Gasteiger partial charge >= 0.3 is 0 Å². The highest BCUT2D eigenvalue weighted by molar-refractivity contribution is 5.18. The Bertz CT molecular complexity index is 435. The molecule has 0 aromatic heterocycles. The summed E-state index contributed by atoms with van der Waals surface area (Å²) in [4.78, 5) is 0. The highest BCUT2D eigenvalue weighted by Crippen LogP contribution is 2.13. The van der Waals surface area contributed by atoms with Crippen molar-refractivity contribution in [2.24, 2.45) is 5.92 Å². The maximum Gasteiger partial charge on any atom is 0.143 e. The minimum absolute atomic E-state index is 0. The second kappa shape index (κ2) is 8.72. The molecule has 0 heterocycles. The van der Waals surface area contributed by atoms with Crippen molar-refractivity contribution in [1.29, 1.82) is 0 Å². The van der Waals surface area contributed by atoms with Crippen LogP contribution in [0.15, 0.2) is 60.7 Å². The molecular formula is C16H20ClNO2. The van der Waals surface area contributed by atoms with Crippen molar-refractivity contribution < 1.29 is 28.0 Å². The molecule has 0 radical (unpaired) electrons. The third-order valence-electron chi connectivity index (χ3n) is 3.21. The fourth-order valence-corrected chi connectivity index (χ4v) is 2.37. The summed E-state index contributed by atoms with van der Waals surface area (Å²) in [6.07, 6.45) is 1.70. The molecule has 2 rings (SSSR count). The first-order chi connectivity index (χ1) is 9.24. The minimum Gasteiger partial charge on any atom is -1.00 e. The number of hydrogen-bond acceptors (Lipinski definition) is 2. The van der Waals surface area contributed by atoms with E-state index >= 15 is 0 Å². The lowest BCUT2D eigenvalue weighted by Crippen LogP contribution is -3.08. The molecule has 3 nitrogen and oxygen atoms in total. The molecule has 2 aromatic carbocycles. The van der Waals surface area contributed by atoms with Gasteiger partial charge in [0.1, 0.15) is 6.54 Å². The molecule has 0 unspecified atom stereocenters. The van der Waals surface area contributed by atoms with Gasteiger partial charge in [-0.05, 0) is 24.0 Å². The van der Waals surface area contributed by atoms with Crippen molar-refractivity contribution in [3.63, 3.8) is 0 Å². The number of hydrogen-bond donors (Lipinski definition) is 3. The predicted molar refractivity (Wildman–Crippen MR) is 73.2 cm³/mol. The summed E-state index contributed by atoms with van der Waals surface area (Å²) in [7, 11) is 0. The molecule has 0 spiro atoms. The van der Waals surface area contributed by atoms with Crippen molar-refractivity contribution in [3.05, 3.63) is 71.8 Å². The van der Waals surface area contributed by atoms with Gasteiger partial charge in [-0.2, -0.15) is 10.4 Å². The van der Waals surface area contributed by atoms with Gasteiger partial charge in [-0.25, -0.2) is 0 Å². The van der Waals surface area contributed by atoms with E-state index in [4.69, 9.17) is 10.4 Å². The second-order valence-corrected chi connectivity index (χ2v) is 4.87. The third kappa shape index (κ3) is 5.72. The largest absolute Gasteiger partial charge is 1.00 e. The Balaban J connectivity index is 0.00000200. The molecule has 3 N–H and O–H groups in total. The van der Waals surface area contributed by atoms with Gasteiger partial charge in [-0.15, -0.1) is 0 Å². The standard InChI is InChI=1S/C16H19NO2.ClH/c18-17(19)13-16(11-14-7-3-1-4-8-14)12-15-9-5-2-6-10-15;/h1-10,16,18-19H,11-13H2;1H. The van der Waals surface area contributed by atoms with E-state index in [-0.39, 0.29) is 18.3 Å². The van der Waals surface area contributed by atoms with E-state index < -0.39 is 5.23 Å². The molecule has 0 saturated heterocycles. The Hall–Kier alpha value is -1.39. The molecule has 0 aliphatic rings. The Labute approximate surface area is 125 Å². The summed E-state index contributed by atoms with van der Waals surface area (Å²) >= 11 is 0. The Kier molecular flexibility index (Phi) is 7.26. The van der Waals surface area contributed by atoms with Gasteiger partial charge in [0, 0.05) is 5.92 Å². The van der Waals surface area contributed by atoms with Crippen LogP contribution in [0.5, 0.6) is 0 Å². The zero-order valence-corrected chi connectivity index (χ0v) is 12.0. The maximum absolute atomic E-state index is 9.15. The summed E-state index contributed by atoms with van der Waals surface area (Å²) in [6.45, 7) is 0.323. The average Bonchev–Trinajstić information content (AvgIpc) is 2.40. The number of benzene rings is 2. The number of quaternary nitrogens is 1. The first-order valence-corrected chi connectivity index (χ1v) is 6.55. The highest BCUT2D eigenvalue weighted by atomic mass is 35.5. The monoisotopic (exact) mass is 293 g/mol. The molecule has 108 valence electrons. The summed E-state index contributed by atoms with van der Waals surface area (Å²) in [5.74, 6) is 0.204. The zero-order valence-electron chi connectivity index (χ0n) is 11.2. The van der Waals surface area contributed by atoms with Gasteiger partial charge in [0.25, 0.3) is 0 Å². The quantitative estimate of drug-likeness (QED) is 0.583. The molecule has 0 atom stereocenters. The van der Waals surface area contributed by atoms with Gasteiger partial charge in [-0.3, -0.25) is 0 Å². The lowest BCUT2D eigenvalue weighted by molar-refractivity contribution is -1.24. The summed E-state index contributed by atoms with van der Waals surface area (Å²) < 4.78 is 0. The number of rotatable bonds is 6. The predicted octanol–water partition coefficient (Wildman–Crippen LogP) is -1.24. The number of nitrogens with one attached hydrogen (secondary N) is 1. The van der Waals surface area contributed by atoms with E-state index in [0.717, 1.165) is 12.8 Å². The normalized spacial score (nSPS) is 10.6. The van der Waals surface area contributed by atoms with Crippen molar-refractivity contribution in [2.75, 3.05) is 6.54 Å². The zero-order chi connectivity index (χ0) is 13.5. The fourth-order valence-electron chi connectivity index (χ4n) is 2.37.